The van der Waals surface area contributed by atoms with Gasteiger partial charge in [0.1, 0.15) is 15.6 Å². The number of benzene rings is 1. The van der Waals surface area contributed by atoms with Crippen molar-refractivity contribution in [2.75, 3.05) is 25.7 Å². The van der Waals surface area contributed by atoms with E-state index in [-0.39, 0.29) is 17.2 Å². The average Bonchev–Trinajstić information content (AvgIpc) is 2.26. The van der Waals surface area contributed by atoms with Crippen LogP contribution in [0.15, 0.2) is 27.6 Å². The largest absolute Gasteiger partial charge is 0.496 e. The molecule has 0 aliphatic carbocycles. The lowest BCUT2D eigenvalue weighted by atomic mass is 10.3. The zero-order chi connectivity index (χ0) is 14.7. The van der Waals surface area contributed by atoms with E-state index in [1.807, 2.05) is 0 Å². The predicted octanol–water partition coefficient (Wildman–Crippen LogP) is 0.781. The smallest absolute Gasteiger partial charge is 0.240 e. The van der Waals surface area contributed by atoms with Crippen molar-refractivity contribution in [3.8, 4) is 5.75 Å². The molecule has 1 rings (SSSR count). The van der Waals surface area contributed by atoms with E-state index in [0.29, 0.717) is 10.2 Å². The van der Waals surface area contributed by atoms with Crippen molar-refractivity contribution in [2.24, 2.45) is 0 Å². The summed E-state index contributed by atoms with van der Waals surface area (Å²) in [5.41, 5.74) is 0. The van der Waals surface area contributed by atoms with Gasteiger partial charge in [0.05, 0.1) is 22.2 Å². The third-order valence-electron chi connectivity index (χ3n) is 2.20. The molecular formula is C10H14BrNO5S2. The fraction of sp³-hybridized carbons (Fsp3) is 0.400. The Morgan fingerprint density at radius 1 is 1.26 bits per heavy atom. The number of ether oxygens (including phenoxy) is 1. The summed E-state index contributed by atoms with van der Waals surface area (Å²) in [5, 5.41) is 0. The molecule has 1 aromatic rings. The number of rotatable bonds is 6. The van der Waals surface area contributed by atoms with Crippen molar-refractivity contribution >= 4 is 35.8 Å². The monoisotopic (exact) mass is 371 g/mol. The highest BCUT2D eigenvalue weighted by Crippen LogP contribution is 2.27. The van der Waals surface area contributed by atoms with Gasteiger partial charge in [0, 0.05) is 12.8 Å². The molecule has 0 spiro atoms. The second kappa shape index (κ2) is 6.21. The number of sulfone groups is 1. The number of hydrogen-bond donors (Lipinski definition) is 1. The van der Waals surface area contributed by atoms with Crippen LogP contribution in [-0.2, 0) is 19.9 Å². The Kier molecular flexibility index (Phi) is 5.36. The molecule has 19 heavy (non-hydrogen) atoms. The molecule has 6 nitrogen and oxygen atoms in total. The Hall–Kier alpha value is -0.640. The van der Waals surface area contributed by atoms with E-state index in [4.69, 9.17) is 4.74 Å². The van der Waals surface area contributed by atoms with Crippen LogP contribution < -0.4 is 9.46 Å². The Labute approximate surface area is 121 Å². The molecule has 0 unspecified atom stereocenters. The molecule has 0 aromatic heterocycles. The van der Waals surface area contributed by atoms with Crippen LogP contribution in [0.2, 0.25) is 0 Å². The molecule has 108 valence electrons. The molecule has 1 aromatic carbocycles. The maximum Gasteiger partial charge on any atom is 0.240 e. The van der Waals surface area contributed by atoms with E-state index in [2.05, 4.69) is 20.7 Å². The molecule has 0 atom stereocenters. The van der Waals surface area contributed by atoms with Gasteiger partial charge in [-0.15, -0.1) is 0 Å². The van der Waals surface area contributed by atoms with Gasteiger partial charge in [-0.2, -0.15) is 0 Å². The fourth-order valence-corrected chi connectivity index (χ4v) is 3.61. The number of hydrogen-bond acceptors (Lipinski definition) is 5. The van der Waals surface area contributed by atoms with Gasteiger partial charge in [-0.05, 0) is 34.1 Å². The highest BCUT2D eigenvalue weighted by atomic mass is 79.9. The van der Waals surface area contributed by atoms with Gasteiger partial charge < -0.3 is 4.74 Å². The third kappa shape index (κ3) is 5.09. The summed E-state index contributed by atoms with van der Waals surface area (Å²) in [6, 6.07) is 4.28. The minimum Gasteiger partial charge on any atom is -0.496 e. The molecule has 0 amide bonds. The van der Waals surface area contributed by atoms with Crippen LogP contribution in [0.3, 0.4) is 0 Å². The molecule has 0 heterocycles. The van der Waals surface area contributed by atoms with Crippen LogP contribution >= 0.6 is 15.9 Å². The number of methoxy groups -OCH3 is 1. The zero-order valence-corrected chi connectivity index (χ0v) is 13.6. The van der Waals surface area contributed by atoms with Crippen LogP contribution in [0.25, 0.3) is 0 Å². The lowest BCUT2D eigenvalue weighted by Gasteiger charge is -2.08. The summed E-state index contributed by atoms with van der Waals surface area (Å²) in [5.74, 6) is 0.263. The first-order valence-electron chi connectivity index (χ1n) is 5.16. The van der Waals surface area contributed by atoms with E-state index >= 15 is 0 Å². The summed E-state index contributed by atoms with van der Waals surface area (Å²) < 4.78 is 53.4. The summed E-state index contributed by atoms with van der Waals surface area (Å²) in [6.45, 7) is -0.162. The van der Waals surface area contributed by atoms with Crippen molar-refractivity contribution < 1.29 is 21.6 Å². The first kappa shape index (κ1) is 16.4. The average molecular weight is 372 g/mol. The van der Waals surface area contributed by atoms with Gasteiger partial charge in [-0.25, -0.2) is 21.6 Å². The van der Waals surface area contributed by atoms with Crippen LogP contribution in [0, 0.1) is 0 Å². The SMILES string of the molecule is COc1ccc(S(=O)(=O)NCCS(C)(=O)=O)cc1Br. The van der Waals surface area contributed by atoms with Crippen molar-refractivity contribution in [3.63, 3.8) is 0 Å². The van der Waals surface area contributed by atoms with Crippen LogP contribution in [-0.4, -0.2) is 42.5 Å². The second-order valence-corrected chi connectivity index (χ2v) is 8.71. The molecular weight excluding hydrogens is 358 g/mol. The number of halogens is 1. The maximum atomic E-state index is 11.9. The quantitative estimate of drug-likeness (QED) is 0.797. The minimum absolute atomic E-state index is 0.0358. The Morgan fingerprint density at radius 2 is 1.89 bits per heavy atom. The number of sulfonamides is 1. The van der Waals surface area contributed by atoms with Gasteiger partial charge in [-0.1, -0.05) is 0 Å². The molecule has 0 aliphatic heterocycles. The van der Waals surface area contributed by atoms with E-state index < -0.39 is 19.9 Å². The Bertz CT molecular complexity index is 654. The summed E-state index contributed by atoms with van der Waals surface area (Å²) in [6.07, 6.45) is 1.05. The van der Waals surface area contributed by atoms with Gasteiger partial charge in [0.25, 0.3) is 0 Å². The van der Waals surface area contributed by atoms with Crippen molar-refractivity contribution in [1.29, 1.82) is 0 Å². The summed E-state index contributed by atoms with van der Waals surface area (Å²) in [7, 11) is -5.46. The van der Waals surface area contributed by atoms with E-state index in [1.165, 1.54) is 25.3 Å². The van der Waals surface area contributed by atoms with Gasteiger partial charge >= 0.3 is 0 Å². The summed E-state index contributed by atoms with van der Waals surface area (Å²) >= 11 is 3.19. The summed E-state index contributed by atoms with van der Waals surface area (Å²) in [4.78, 5) is 0.0358. The highest BCUT2D eigenvalue weighted by Gasteiger charge is 2.16. The Balaban J connectivity index is 2.86. The molecule has 0 fully saturated rings. The van der Waals surface area contributed by atoms with E-state index in [9.17, 15) is 16.8 Å². The lowest BCUT2D eigenvalue weighted by molar-refractivity contribution is 0.411. The Morgan fingerprint density at radius 3 is 2.37 bits per heavy atom. The fourth-order valence-electron chi connectivity index (χ4n) is 1.26. The second-order valence-electron chi connectivity index (χ2n) is 3.82. The van der Waals surface area contributed by atoms with Gasteiger partial charge in [0.15, 0.2) is 0 Å². The van der Waals surface area contributed by atoms with Crippen LogP contribution in [0.5, 0.6) is 5.75 Å². The third-order valence-corrected chi connectivity index (χ3v) is 5.22. The van der Waals surface area contributed by atoms with Crippen molar-refractivity contribution in [1.82, 2.24) is 4.72 Å². The molecule has 0 bridgehead atoms. The zero-order valence-electron chi connectivity index (χ0n) is 10.4. The first-order valence-corrected chi connectivity index (χ1v) is 9.50. The van der Waals surface area contributed by atoms with Gasteiger partial charge in [-0.3, -0.25) is 0 Å². The normalized spacial score (nSPS) is 12.4. The highest BCUT2D eigenvalue weighted by molar-refractivity contribution is 9.10. The lowest BCUT2D eigenvalue weighted by Crippen LogP contribution is -2.28. The molecule has 1 N–H and O–H groups in total. The molecule has 0 aliphatic rings. The predicted molar refractivity (Wildman–Crippen MR) is 75.6 cm³/mol. The van der Waals surface area contributed by atoms with E-state index in [1.54, 1.807) is 0 Å². The van der Waals surface area contributed by atoms with Crippen LogP contribution in [0.1, 0.15) is 0 Å². The van der Waals surface area contributed by atoms with E-state index in [0.717, 1.165) is 6.26 Å². The topological polar surface area (TPSA) is 89.5 Å². The molecule has 0 saturated carbocycles. The molecule has 0 saturated heterocycles. The maximum absolute atomic E-state index is 11.9. The first-order chi connectivity index (χ1) is 8.65. The standard InChI is InChI=1S/C10H14BrNO5S2/c1-17-10-4-3-8(7-9(10)11)19(15,16)12-5-6-18(2,13)14/h3-4,7,12H,5-6H2,1-2H3. The molecule has 0 radical (unpaired) electrons. The van der Waals surface area contributed by atoms with Crippen molar-refractivity contribution in [2.45, 2.75) is 4.90 Å². The van der Waals surface area contributed by atoms with Crippen molar-refractivity contribution in [3.05, 3.63) is 22.7 Å². The van der Waals surface area contributed by atoms with Gasteiger partial charge in [0.2, 0.25) is 10.0 Å². The number of nitrogens with one attached hydrogen (secondary N) is 1. The van der Waals surface area contributed by atoms with Crippen LogP contribution in [0.4, 0.5) is 0 Å². The molecule has 9 heteroatoms. The minimum atomic E-state index is -3.73.